The number of benzene rings is 1. The Morgan fingerprint density at radius 2 is 2.05 bits per heavy atom. The number of amides is 1. The number of anilines is 1. The number of hydrogen-bond acceptors (Lipinski definition) is 5. The highest BCUT2D eigenvalue weighted by Crippen LogP contribution is 2.16. The second-order valence-corrected chi connectivity index (χ2v) is 6.71. The molecule has 0 radical (unpaired) electrons. The summed E-state index contributed by atoms with van der Waals surface area (Å²) in [5.74, 6) is 0.203. The van der Waals surface area contributed by atoms with Gasteiger partial charge in [-0.25, -0.2) is 8.42 Å². The SMILES string of the molecule is COCCCN(CC(=O)Nc1cccc(OC)c1)S(C)(=O)=O. The number of nitrogens with zero attached hydrogens (tertiary/aromatic N) is 1. The van der Waals surface area contributed by atoms with E-state index in [9.17, 15) is 13.2 Å². The van der Waals surface area contributed by atoms with E-state index < -0.39 is 15.9 Å². The minimum absolute atomic E-state index is 0.234. The standard InChI is InChI=1S/C14H22N2O5S/c1-20-9-5-8-16(22(3,18)19)11-14(17)15-12-6-4-7-13(10-12)21-2/h4,6-7,10H,5,8-9,11H2,1-3H3,(H,15,17). The first kappa shape index (κ1) is 18.4. The summed E-state index contributed by atoms with van der Waals surface area (Å²) in [4.78, 5) is 12.0. The molecular weight excluding hydrogens is 308 g/mol. The lowest BCUT2D eigenvalue weighted by molar-refractivity contribution is -0.116. The van der Waals surface area contributed by atoms with Crippen molar-refractivity contribution < 1.29 is 22.7 Å². The first-order valence-corrected chi connectivity index (χ1v) is 8.59. The average Bonchev–Trinajstić information content (AvgIpc) is 2.45. The van der Waals surface area contributed by atoms with Gasteiger partial charge < -0.3 is 14.8 Å². The monoisotopic (exact) mass is 330 g/mol. The molecule has 124 valence electrons. The van der Waals surface area contributed by atoms with Crippen LogP contribution < -0.4 is 10.1 Å². The van der Waals surface area contributed by atoms with Gasteiger partial charge in [0, 0.05) is 32.0 Å². The summed E-state index contributed by atoms with van der Waals surface area (Å²) < 4.78 is 34.5. The van der Waals surface area contributed by atoms with Gasteiger partial charge in [-0.05, 0) is 18.6 Å². The van der Waals surface area contributed by atoms with E-state index in [4.69, 9.17) is 9.47 Å². The molecule has 0 aromatic heterocycles. The first-order valence-electron chi connectivity index (χ1n) is 6.74. The summed E-state index contributed by atoms with van der Waals surface area (Å²) in [5.41, 5.74) is 0.551. The van der Waals surface area contributed by atoms with Crippen molar-refractivity contribution in [3.05, 3.63) is 24.3 Å². The molecule has 0 aliphatic rings. The van der Waals surface area contributed by atoms with Crippen molar-refractivity contribution in [2.75, 3.05) is 45.5 Å². The fourth-order valence-corrected chi connectivity index (χ4v) is 2.62. The maximum absolute atomic E-state index is 12.0. The Balaban J connectivity index is 2.66. The van der Waals surface area contributed by atoms with Crippen molar-refractivity contribution in [1.29, 1.82) is 0 Å². The highest BCUT2D eigenvalue weighted by molar-refractivity contribution is 7.88. The van der Waals surface area contributed by atoms with Crippen molar-refractivity contribution in [2.24, 2.45) is 0 Å². The Kier molecular flexibility index (Phi) is 7.30. The molecule has 0 heterocycles. The van der Waals surface area contributed by atoms with Crippen LogP contribution >= 0.6 is 0 Å². The number of nitrogens with one attached hydrogen (secondary N) is 1. The van der Waals surface area contributed by atoms with Gasteiger partial charge in [0.2, 0.25) is 15.9 Å². The number of carbonyl (C=O) groups is 1. The average molecular weight is 330 g/mol. The maximum Gasteiger partial charge on any atom is 0.239 e. The molecule has 1 N–H and O–H groups in total. The van der Waals surface area contributed by atoms with Crippen LogP contribution in [-0.4, -0.2) is 58.8 Å². The van der Waals surface area contributed by atoms with Gasteiger partial charge in [-0.2, -0.15) is 4.31 Å². The predicted molar refractivity (Wildman–Crippen MR) is 84.5 cm³/mol. The van der Waals surface area contributed by atoms with Crippen LogP contribution in [0.4, 0.5) is 5.69 Å². The summed E-state index contributed by atoms with van der Waals surface area (Å²) in [6.07, 6.45) is 1.61. The van der Waals surface area contributed by atoms with Gasteiger partial charge in [-0.1, -0.05) is 6.07 Å². The Bertz CT molecular complexity index is 589. The summed E-state index contributed by atoms with van der Waals surface area (Å²) in [7, 11) is -0.381. The predicted octanol–water partition coefficient (Wildman–Crippen LogP) is 0.932. The summed E-state index contributed by atoms with van der Waals surface area (Å²) in [6.45, 7) is 0.432. The fourth-order valence-electron chi connectivity index (χ4n) is 1.81. The molecule has 0 saturated heterocycles. The Morgan fingerprint density at radius 3 is 2.64 bits per heavy atom. The number of ether oxygens (including phenoxy) is 2. The lowest BCUT2D eigenvalue weighted by atomic mass is 10.3. The molecule has 22 heavy (non-hydrogen) atoms. The van der Waals surface area contributed by atoms with E-state index >= 15 is 0 Å². The molecule has 1 aromatic carbocycles. The van der Waals surface area contributed by atoms with Crippen LogP contribution in [0.25, 0.3) is 0 Å². The molecule has 7 nitrogen and oxygen atoms in total. The lowest BCUT2D eigenvalue weighted by Crippen LogP contribution is -2.38. The number of carbonyl (C=O) groups excluding carboxylic acids is 1. The van der Waals surface area contributed by atoms with Crippen molar-refractivity contribution in [3.63, 3.8) is 0 Å². The second kappa shape index (κ2) is 8.72. The molecule has 1 amide bonds. The third-order valence-electron chi connectivity index (χ3n) is 2.90. The number of hydrogen-bond donors (Lipinski definition) is 1. The van der Waals surface area contributed by atoms with Gasteiger partial charge in [0.25, 0.3) is 0 Å². The Hall–Kier alpha value is -1.64. The van der Waals surface area contributed by atoms with E-state index in [1.165, 1.54) is 7.11 Å². The quantitative estimate of drug-likeness (QED) is 0.681. The normalized spacial score (nSPS) is 11.5. The minimum atomic E-state index is -3.45. The van der Waals surface area contributed by atoms with E-state index in [-0.39, 0.29) is 13.1 Å². The lowest BCUT2D eigenvalue weighted by Gasteiger charge is -2.19. The molecule has 0 aliphatic heterocycles. The van der Waals surface area contributed by atoms with Crippen LogP contribution in [0.3, 0.4) is 0 Å². The van der Waals surface area contributed by atoms with E-state index in [0.29, 0.717) is 24.5 Å². The number of rotatable bonds is 9. The van der Waals surface area contributed by atoms with Crippen LogP contribution in [0.1, 0.15) is 6.42 Å². The van der Waals surface area contributed by atoms with Crippen molar-refractivity contribution in [1.82, 2.24) is 4.31 Å². The third kappa shape index (κ3) is 6.42. The van der Waals surface area contributed by atoms with Gasteiger partial charge in [0.05, 0.1) is 19.9 Å². The minimum Gasteiger partial charge on any atom is -0.497 e. The van der Waals surface area contributed by atoms with E-state index in [1.807, 2.05) is 0 Å². The summed E-state index contributed by atoms with van der Waals surface area (Å²) in [6, 6.07) is 6.86. The Labute approximate surface area is 131 Å². The molecule has 0 spiro atoms. The molecule has 0 bridgehead atoms. The van der Waals surface area contributed by atoms with E-state index in [1.54, 1.807) is 31.4 Å². The summed E-state index contributed by atoms with van der Waals surface area (Å²) in [5, 5.41) is 2.65. The van der Waals surface area contributed by atoms with Crippen LogP contribution in [-0.2, 0) is 19.6 Å². The van der Waals surface area contributed by atoms with Crippen LogP contribution in [0.5, 0.6) is 5.75 Å². The van der Waals surface area contributed by atoms with Gasteiger partial charge >= 0.3 is 0 Å². The molecule has 0 saturated carbocycles. The maximum atomic E-state index is 12.0. The van der Waals surface area contributed by atoms with Crippen molar-refractivity contribution in [3.8, 4) is 5.75 Å². The Morgan fingerprint density at radius 1 is 1.32 bits per heavy atom. The molecule has 8 heteroatoms. The largest absolute Gasteiger partial charge is 0.497 e. The molecule has 0 unspecified atom stereocenters. The van der Waals surface area contributed by atoms with Gasteiger partial charge in [-0.15, -0.1) is 0 Å². The molecule has 0 atom stereocenters. The zero-order valence-corrected chi connectivity index (χ0v) is 13.9. The smallest absolute Gasteiger partial charge is 0.239 e. The summed E-state index contributed by atoms with van der Waals surface area (Å²) >= 11 is 0. The van der Waals surface area contributed by atoms with Gasteiger partial charge in [0.1, 0.15) is 5.75 Å². The van der Waals surface area contributed by atoms with Crippen molar-refractivity contribution >= 4 is 21.6 Å². The van der Waals surface area contributed by atoms with Crippen LogP contribution in [0.2, 0.25) is 0 Å². The third-order valence-corrected chi connectivity index (χ3v) is 4.15. The molecular formula is C14H22N2O5S. The van der Waals surface area contributed by atoms with Crippen LogP contribution in [0.15, 0.2) is 24.3 Å². The second-order valence-electron chi connectivity index (χ2n) is 4.72. The van der Waals surface area contributed by atoms with E-state index in [2.05, 4.69) is 5.32 Å². The topological polar surface area (TPSA) is 84.9 Å². The molecule has 0 aliphatic carbocycles. The highest BCUT2D eigenvalue weighted by Gasteiger charge is 2.19. The fraction of sp³-hybridized carbons (Fsp3) is 0.500. The van der Waals surface area contributed by atoms with E-state index in [0.717, 1.165) is 10.6 Å². The van der Waals surface area contributed by atoms with Crippen LogP contribution in [0, 0.1) is 0 Å². The molecule has 1 aromatic rings. The molecule has 1 rings (SSSR count). The first-order chi connectivity index (χ1) is 10.4. The zero-order valence-electron chi connectivity index (χ0n) is 13.0. The number of methoxy groups -OCH3 is 2. The van der Waals surface area contributed by atoms with Gasteiger partial charge in [0.15, 0.2) is 0 Å². The zero-order chi connectivity index (χ0) is 16.6. The van der Waals surface area contributed by atoms with Gasteiger partial charge in [-0.3, -0.25) is 4.79 Å². The van der Waals surface area contributed by atoms with Crippen molar-refractivity contribution in [2.45, 2.75) is 6.42 Å². The molecule has 0 fully saturated rings. The number of sulfonamides is 1. The highest BCUT2D eigenvalue weighted by atomic mass is 32.2.